The number of amides is 2. The zero-order valence-electron chi connectivity index (χ0n) is 18.9. The minimum atomic E-state index is -0.576. The zero-order valence-corrected chi connectivity index (χ0v) is 19.6. The fraction of sp³-hybridized carbons (Fsp3) is 0.462. The standard InChI is InChI=1S/C26H29ClN2O4/c1-19-4-2-5-20(14-19)26(9-12-32-13-10-26)24(31)28-11-8-25(17-28)18-29(23(30)16-33-25)22-7-3-6-21(27)15-22/h2-7,14-15H,8-13,16-18H2,1H3. The lowest BCUT2D eigenvalue weighted by molar-refractivity contribution is -0.144. The maximum absolute atomic E-state index is 14.0. The van der Waals surface area contributed by atoms with Crippen LogP contribution in [0.25, 0.3) is 0 Å². The highest BCUT2D eigenvalue weighted by Gasteiger charge is 2.51. The molecule has 3 aliphatic heterocycles. The zero-order chi connectivity index (χ0) is 23.1. The van der Waals surface area contributed by atoms with Crippen molar-refractivity contribution < 1.29 is 19.1 Å². The Morgan fingerprint density at radius 3 is 2.58 bits per heavy atom. The molecule has 0 saturated carbocycles. The van der Waals surface area contributed by atoms with Crippen molar-refractivity contribution in [2.24, 2.45) is 0 Å². The predicted molar refractivity (Wildman–Crippen MR) is 127 cm³/mol. The first-order valence-corrected chi connectivity index (χ1v) is 11.9. The summed E-state index contributed by atoms with van der Waals surface area (Å²) in [6.07, 6.45) is 2.04. The highest BCUT2D eigenvalue weighted by molar-refractivity contribution is 6.30. The Morgan fingerprint density at radius 1 is 1.03 bits per heavy atom. The van der Waals surface area contributed by atoms with Crippen LogP contribution in [0.1, 0.15) is 30.4 Å². The van der Waals surface area contributed by atoms with Gasteiger partial charge in [0, 0.05) is 30.5 Å². The molecule has 6 nitrogen and oxygen atoms in total. The fourth-order valence-corrected chi connectivity index (χ4v) is 5.63. The number of carbonyl (C=O) groups is 2. The van der Waals surface area contributed by atoms with Gasteiger partial charge in [0.1, 0.15) is 12.2 Å². The minimum Gasteiger partial charge on any atom is -0.381 e. The number of morpholine rings is 1. The van der Waals surface area contributed by atoms with Crippen LogP contribution in [0.2, 0.25) is 5.02 Å². The smallest absolute Gasteiger partial charge is 0.253 e. The van der Waals surface area contributed by atoms with Gasteiger partial charge in [0.05, 0.1) is 18.5 Å². The van der Waals surface area contributed by atoms with E-state index in [9.17, 15) is 9.59 Å². The van der Waals surface area contributed by atoms with Gasteiger partial charge in [-0.15, -0.1) is 0 Å². The van der Waals surface area contributed by atoms with Gasteiger partial charge in [-0.3, -0.25) is 9.59 Å². The molecule has 0 radical (unpaired) electrons. The van der Waals surface area contributed by atoms with Crippen LogP contribution in [-0.4, -0.2) is 61.8 Å². The topological polar surface area (TPSA) is 59.1 Å². The van der Waals surface area contributed by atoms with Crippen molar-refractivity contribution in [2.75, 3.05) is 44.4 Å². The number of ether oxygens (including phenoxy) is 2. The molecule has 5 rings (SSSR count). The average molecular weight is 469 g/mol. The van der Waals surface area contributed by atoms with E-state index in [1.807, 2.05) is 23.1 Å². The van der Waals surface area contributed by atoms with E-state index >= 15 is 0 Å². The molecule has 1 atom stereocenters. The van der Waals surface area contributed by atoms with Gasteiger partial charge in [-0.25, -0.2) is 0 Å². The van der Waals surface area contributed by atoms with E-state index in [4.69, 9.17) is 21.1 Å². The van der Waals surface area contributed by atoms with Gasteiger partial charge in [-0.1, -0.05) is 47.5 Å². The molecule has 2 aromatic carbocycles. The Kier molecular flexibility index (Phi) is 5.93. The summed E-state index contributed by atoms with van der Waals surface area (Å²) in [5, 5.41) is 0.587. The lowest BCUT2D eigenvalue weighted by atomic mass is 9.72. The van der Waals surface area contributed by atoms with Gasteiger partial charge >= 0.3 is 0 Å². The van der Waals surface area contributed by atoms with Crippen molar-refractivity contribution in [3.63, 3.8) is 0 Å². The summed E-state index contributed by atoms with van der Waals surface area (Å²) in [5.74, 6) is 0.0522. The van der Waals surface area contributed by atoms with Crippen molar-refractivity contribution in [3.8, 4) is 0 Å². The molecule has 3 aliphatic rings. The van der Waals surface area contributed by atoms with E-state index in [0.29, 0.717) is 57.1 Å². The number of nitrogens with zero attached hydrogens (tertiary/aromatic N) is 2. The Hall–Kier alpha value is -2.41. The molecule has 0 aliphatic carbocycles. The molecule has 2 amide bonds. The lowest BCUT2D eigenvalue weighted by Crippen LogP contribution is -2.57. The lowest BCUT2D eigenvalue weighted by Gasteiger charge is -2.42. The molecule has 33 heavy (non-hydrogen) atoms. The summed E-state index contributed by atoms with van der Waals surface area (Å²) in [6, 6.07) is 15.6. The molecular weight excluding hydrogens is 440 g/mol. The number of likely N-dealkylation sites (tertiary alicyclic amines) is 1. The van der Waals surface area contributed by atoms with E-state index in [-0.39, 0.29) is 18.4 Å². The predicted octanol–water partition coefficient (Wildman–Crippen LogP) is 3.73. The van der Waals surface area contributed by atoms with Gasteiger partial charge in [0.15, 0.2) is 0 Å². The number of carbonyl (C=O) groups excluding carboxylic acids is 2. The van der Waals surface area contributed by atoms with Crippen molar-refractivity contribution in [1.29, 1.82) is 0 Å². The Morgan fingerprint density at radius 2 is 1.82 bits per heavy atom. The van der Waals surface area contributed by atoms with Crippen molar-refractivity contribution >= 4 is 29.1 Å². The summed E-state index contributed by atoms with van der Waals surface area (Å²) in [4.78, 5) is 30.4. The summed E-state index contributed by atoms with van der Waals surface area (Å²) in [6.45, 7) is 4.72. The summed E-state index contributed by atoms with van der Waals surface area (Å²) >= 11 is 6.17. The van der Waals surface area contributed by atoms with E-state index in [2.05, 4.69) is 25.1 Å². The molecule has 7 heteroatoms. The average Bonchev–Trinajstić information content (AvgIpc) is 3.24. The van der Waals surface area contributed by atoms with E-state index in [1.54, 1.807) is 17.0 Å². The van der Waals surface area contributed by atoms with E-state index in [0.717, 1.165) is 16.8 Å². The monoisotopic (exact) mass is 468 g/mol. The van der Waals surface area contributed by atoms with Crippen LogP contribution in [0.5, 0.6) is 0 Å². The molecular formula is C26H29ClN2O4. The maximum atomic E-state index is 14.0. The number of halogens is 1. The van der Waals surface area contributed by atoms with Gasteiger partial charge in [-0.05, 0) is 49.9 Å². The molecule has 3 fully saturated rings. The molecule has 2 aromatic rings. The highest BCUT2D eigenvalue weighted by atomic mass is 35.5. The highest BCUT2D eigenvalue weighted by Crippen LogP contribution is 2.40. The first-order valence-electron chi connectivity index (χ1n) is 11.6. The second-order valence-corrected chi connectivity index (χ2v) is 9.91. The van der Waals surface area contributed by atoms with Crippen LogP contribution in [-0.2, 0) is 24.5 Å². The van der Waals surface area contributed by atoms with Crippen molar-refractivity contribution in [1.82, 2.24) is 4.90 Å². The third-order valence-electron chi connectivity index (χ3n) is 7.30. The second kappa shape index (κ2) is 8.75. The van der Waals surface area contributed by atoms with Gasteiger partial charge in [0.25, 0.3) is 5.91 Å². The van der Waals surface area contributed by atoms with Crippen LogP contribution in [0.4, 0.5) is 5.69 Å². The van der Waals surface area contributed by atoms with Crippen molar-refractivity contribution in [2.45, 2.75) is 37.2 Å². The quantitative estimate of drug-likeness (QED) is 0.688. The first-order chi connectivity index (χ1) is 15.9. The van der Waals surface area contributed by atoms with E-state index < -0.39 is 11.0 Å². The number of aryl methyl sites for hydroxylation is 1. The molecule has 1 unspecified atom stereocenters. The molecule has 0 N–H and O–H groups in total. The Labute approximate surface area is 199 Å². The minimum absolute atomic E-state index is 0.00536. The largest absolute Gasteiger partial charge is 0.381 e. The molecule has 3 saturated heterocycles. The molecule has 0 aromatic heterocycles. The number of benzene rings is 2. The third-order valence-corrected chi connectivity index (χ3v) is 7.53. The SMILES string of the molecule is Cc1cccc(C2(C(=O)N3CCC4(C3)CN(c3cccc(Cl)c3)C(=O)CO4)CCOCC2)c1. The van der Waals surface area contributed by atoms with Crippen molar-refractivity contribution in [3.05, 3.63) is 64.7 Å². The van der Waals surface area contributed by atoms with Crippen LogP contribution >= 0.6 is 11.6 Å². The van der Waals surface area contributed by atoms with Gasteiger partial charge in [-0.2, -0.15) is 0 Å². The fourth-order valence-electron chi connectivity index (χ4n) is 5.45. The molecule has 1 spiro atoms. The van der Waals surface area contributed by atoms with Crippen LogP contribution in [0.3, 0.4) is 0 Å². The van der Waals surface area contributed by atoms with Crippen LogP contribution < -0.4 is 4.90 Å². The Bertz CT molecular complexity index is 1070. The third kappa shape index (κ3) is 4.16. The van der Waals surface area contributed by atoms with Crippen LogP contribution in [0, 0.1) is 6.92 Å². The van der Waals surface area contributed by atoms with Crippen LogP contribution in [0.15, 0.2) is 48.5 Å². The number of anilines is 1. The normalized spacial score (nSPS) is 25.0. The molecule has 3 heterocycles. The number of hydrogen-bond donors (Lipinski definition) is 0. The van der Waals surface area contributed by atoms with E-state index in [1.165, 1.54) is 0 Å². The number of hydrogen-bond acceptors (Lipinski definition) is 4. The summed E-state index contributed by atoms with van der Waals surface area (Å²) < 4.78 is 11.7. The van der Waals surface area contributed by atoms with Gasteiger partial charge in [0.2, 0.25) is 5.91 Å². The first kappa shape index (κ1) is 22.4. The number of rotatable bonds is 3. The summed E-state index contributed by atoms with van der Waals surface area (Å²) in [7, 11) is 0. The molecule has 174 valence electrons. The molecule has 0 bridgehead atoms. The second-order valence-electron chi connectivity index (χ2n) is 9.47. The van der Waals surface area contributed by atoms with Gasteiger partial charge < -0.3 is 19.3 Å². The summed E-state index contributed by atoms with van der Waals surface area (Å²) in [5.41, 5.74) is 1.84. The Balaban J connectivity index is 1.39. The maximum Gasteiger partial charge on any atom is 0.253 e.